The minimum Gasteiger partial charge on any atom is -0.504 e. The molecule has 2 aliphatic carbocycles. The van der Waals surface area contributed by atoms with Crippen LogP contribution >= 0.6 is 0 Å². The topological polar surface area (TPSA) is 70.0 Å². The van der Waals surface area contributed by atoms with Crippen LogP contribution in [0, 0.1) is 5.92 Å². The highest BCUT2D eigenvalue weighted by Gasteiger charge is 2.69. The van der Waals surface area contributed by atoms with Crippen LogP contribution in [0.25, 0.3) is 0 Å². The summed E-state index contributed by atoms with van der Waals surface area (Å²) in [6.45, 7) is 5.62. The number of ketones is 1. The Labute approximate surface area is 154 Å². The number of Topliss-reactive ketones (excluding diaryl/α,β-unsaturated/α-hetero) is 1. The number of phenols is 1. The second kappa shape index (κ2) is 5.23. The molecule has 1 spiro atoms. The highest BCUT2D eigenvalue weighted by atomic mass is 16.5. The zero-order chi connectivity index (χ0) is 18.3. The fraction of sp³-hybridized carbons (Fsp3) is 0.667. The van der Waals surface area contributed by atoms with E-state index >= 15 is 0 Å². The van der Waals surface area contributed by atoms with Gasteiger partial charge in [-0.3, -0.25) is 9.69 Å². The van der Waals surface area contributed by atoms with E-state index in [9.17, 15) is 15.0 Å². The molecule has 2 bridgehead atoms. The monoisotopic (exact) mass is 357 g/mol. The number of likely N-dealkylation sites (tertiary alicyclic amines) is 1. The van der Waals surface area contributed by atoms with Crippen LogP contribution in [-0.2, 0) is 16.6 Å². The average molecular weight is 357 g/mol. The number of ether oxygens (including phenoxy) is 1. The lowest BCUT2D eigenvalue weighted by Gasteiger charge is -2.59. The lowest BCUT2D eigenvalue weighted by Crippen LogP contribution is -2.73. The van der Waals surface area contributed by atoms with Crippen LogP contribution in [-0.4, -0.2) is 51.7 Å². The summed E-state index contributed by atoms with van der Waals surface area (Å²) in [7, 11) is 0. The quantitative estimate of drug-likeness (QED) is 0.864. The van der Waals surface area contributed by atoms with Gasteiger partial charge in [-0.25, -0.2) is 0 Å². The molecule has 1 aromatic rings. The first-order valence-electron chi connectivity index (χ1n) is 9.91. The molecular formula is C21H27NO4. The number of nitrogens with zero attached hydrogens (tertiary/aromatic N) is 1. The predicted octanol–water partition coefficient (Wildman–Crippen LogP) is 2.16. The summed E-state index contributed by atoms with van der Waals surface area (Å²) in [6, 6.07) is 3.60. The van der Waals surface area contributed by atoms with Crippen LogP contribution in [0.4, 0.5) is 0 Å². The van der Waals surface area contributed by atoms with Gasteiger partial charge in [-0.1, -0.05) is 13.0 Å². The zero-order valence-corrected chi connectivity index (χ0v) is 15.5. The SMILES string of the molecule is CCC(=O)[C@@H]1Oc2c(O)ccc3c2C12CCN(CC1CC1)C(C3)C2(C)O. The van der Waals surface area contributed by atoms with Gasteiger partial charge in [0.1, 0.15) is 0 Å². The van der Waals surface area contributed by atoms with Gasteiger partial charge in [0.15, 0.2) is 23.4 Å². The summed E-state index contributed by atoms with van der Waals surface area (Å²) in [6.07, 6.45) is 3.64. The fourth-order valence-electron chi connectivity index (χ4n) is 5.81. The third kappa shape index (κ3) is 1.91. The summed E-state index contributed by atoms with van der Waals surface area (Å²) in [5.74, 6) is 1.25. The van der Waals surface area contributed by atoms with Gasteiger partial charge >= 0.3 is 0 Å². The number of carbonyl (C=O) groups excluding carboxylic acids is 1. The minimum absolute atomic E-state index is 0.00289. The summed E-state index contributed by atoms with van der Waals surface area (Å²) in [5.41, 5.74) is 0.173. The Hall–Kier alpha value is -1.59. The average Bonchev–Trinajstić information content (AvgIpc) is 3.34. The Bertz CT molecular complexity index is 784. The number of piperidine rings is 1. The second-order valence-corrected chi connectivity index (χ2v) is 8.79. The van der Waals surface area contributed by atoms with Crippen molar-refractivity contribution in [2.75, 3.05) is 13.1 Å². The van der Waals surface area contributed by atoms with E-state index in [1.54, 1.807) is 6.07 Å². The number of fused-ring (bicyclic) bond motifs is 1. The van der Waals surface area contributed by atoms with Gasteiger partial charge in [-0.2, -0.15) is 0 Å². The molecule has 1 saturated heterocycles. The van der Waals surface area contributed by atoms with Crippen molar-refractivity contribution in [1.82, 2.24) is 4.90 Å². The standard InChI is InChI=1S/C21H27NO4/c1-3-14(23)19-21-8-9-22(11-12-4-5-12)16(20(21,2)25)10-13-6-7-15(24)18(26-19)17(13)21/h6-7,12,16,19,24-25H,3-5,8-11H2,1-2H3/t16?,19-,20?,21?/m0/s1. The third-order valence-electron chi connectivity index (χ3n) is 7.38. The molecule has 5 heteroatoms. The van der Waals surface area contributed by atoms with Crippen molar-refractivity contribution in [2.24, 2.45) is 5.92 Å². The first-order valence-corrected chi connectivity index (χ1v) is 9.91. The zero-order valence-electron chi connectivity index (χ0n) is 15.5. The lowest BCUT2D eigenvalue weighted by molar-refractivity contribution is -0.164. The van der Waals surface area contributed by atoms with E-state index in [1.807, 2.05) is 19.9 Å². The van der Waals surface area contributed by atoms with Crippen molar-refractivity contribution in [3.63, 3.8) is 0 Å². The second-order valence-electron chi connectivity index (χ2n) is 8.79. The number of hydrogen-bond donors (Lipinski definition) is 2. The number of carbonyl (C=O) groups is 1. The summed E-state index contributed by atoms with van der Waals surface area (Å²) < 4.78 is 6.08. The van der Waals surface area contributed by atoms with Crippen LogP contribution in [0.15, 0.2) is 12.1 Å². The molecule has 26 heavy (non-hydrogen) atoms. The maximum atomic E-state index is 12.8. The normalized spacial score (nSPS) is 38.0. The highest BCUT2D eigenvalue weighted by molar-refractivity contribution is 5.88. The summed E-state index contributed by atoms with van der Waals surface area (Å²) in [5, 5.41) is 22.2. The molecule has 2 heterocycles. The van der Waals surface area contributed by atoms with E-state index in [1.165, 1.54) is 12.8 Å². The van der Waals surface area contributed by atoms with Gasteiger partial charge in [-0.15, -0.1) is 0 Å². The molecule has 140 valence electrons. The molecule has 2 aliphatic heterocycles. The molecule has 4 atom stereocenters. The maximum absolute atomic E-state index is 12.8. The minimum atomic E-state index is -1.07. The predicted molar refractivity (Wildman–Crippen MR) is 96.5 cm³/mol. The molecule has 2 fully saturated rings. The number of hydrogen-bond acceptors (Lipinski definition) is 5. The first-order chi connectivity index (χ1) is 12.4. The van der Waals surface area contributed by atoms with Gasteiger partial charge in [0.05, 0.1) is 11.0 Å². The molecular weight excluding hydrogens is 330 g/mol. The van der Waals surface area contributed by atoms with Gasteiger partial charge in [0.25, 0.3) is 0 Å². The smallest absolute Gasteiger partial charge is 0.174 e. The van der Waals surface area contributed by atoms with E-state index in [2.05, 4.69) is 4.90 Å². The number of benzene rings is 1. The fourth-order valence-corrected chi connectivity index (χ4v) is 5.81. The van der Waals surface area contributed by atoms with Crippen molar-refractivity contribution in [2.45, 2.75) is 69.1 Å². The number of aliphatic hydroxyl groups is 1. The van der Waals surface area contributed by atoms with Crippen LogP contribution in [0.1, 0.15) is 50.7 Å². The number of rotatable bonds is 4. The molecule has 1 saturated carbocycles. The third-order valence-corrected chi connectivity index (χ3v) is 7.38. The highest BCUT2D eigenvalue weighted by Crippen LogP contribution is 2.62. The molecule has 0 amide bonds. The Morgan fingerprint density at radius 3 is 2.85 bits per heavy atom. The van der Waals surface area contributed by atoms with Crippen molar-refractivity contribution in [3.8, 4) is 11.5 Å². The Kier molecular flexibility index (Phi) is 3.33. The molecule has 3 unspecified atom stereocenters. The molecule has 4 aliphatic rings. The first kappa shape index (κ1) is 16.6. The van der Waals surface area contributed by atoms with E-state index in [0.717, 1.165) is 36.6 Å². The van der Waals surface area contributed by atoms with E-state index < -0.39 is 17.1 Å². The van der Waals surface area contributed by atoms with Crippen molar-refractivity contribution >= 4 is 5.78 Å². The molecule has 2 N–H and O–H groups in total. The lowest BCUT2D eigenvalue weighted by atomic mass is 9.53. The van der Waals surface area contributed by atoms with Crippen molar-refractivity contribution < 1.29 is 19.7 Å². The molecule has 1 aromatic carbocycles. The van der Waals surface area contributed by atoms with Gasteiger partial charge < -0.3 is 14.9 Å². The van der Waals surface area contributed by atoms with Crippen molar-refractivity contribution in [3.05, 3.63) is 23.3 Å². The Balaban J connectivity index is 1.69. The van der Waals surface area contributed by atoms with Crippen LogP contribution < -0.4 is 4.74 Å². The van der Waals surface area contributed by atoms with Gasteiger partial charge in [0, 0.05) is 24.6 Å². The number of aromatic hydroxyl groups is 1. The van der Waals surface area contributed by atoms with Crippen molar-refractivity contribution in [1.29, 1.82) is 0 Å². The molecule has 0 aromatic heterocycles. The largest absolute Gasteiger partial charge is 0.504 e. The van der Waals surface area contributed by atoms with E-state index in [4.69, 9.17) is 4.74 Å². The van der Waals surface area contributed by atoms with Gasteiger partial charge in [-0.05, 0) is 56.7 Å². The van der Waals surface area contributed by atoms with E-state index in [-0.39, 0.29) is 17.6 Å². The van der Waals surface area contributed by atoms with Crippen LogP contribution in [0.3, 0.4) is 0 Å². The van der Waals surface area contributed by atoms with E-state index in [0.29, 0.717) is 18.6 Å². The van der Waals surface area contributed by atoms with Crippen LogP contribution in [0.5, 0.6) is 11.5 Å². The summed E-state index contributed by atoms with van der Waals surface area (Å²) in [4.78, 5) is 15.3. The maximum Gasteiger partial charge on any atom is 0.174 e. The number of phenolic OH excluding ortho intramolecular Hbond substituents is 1. The Morgan fingerprint density at radius 2 is 2.15 bits per heavy atom. The van der Waals surface area contributed by atoms with Gasteiger partial charge in [0.2, 0.25) is 0 Å². The van der Waals surface area contributed by atoms with Crippen LogP contribution in [0.2, 0.25) is 0 Å². The molecule has 0 radical (unpaired) electrons. The summed E-state index contributed by atoms with van der Waals surface area (Å²) >= 11 is 0. The molecule has 5 rings (SSSR count). The molecule has 5 nitrogen and oxygen atoms in total. The Morgan fingerprint density at radius 1 is 1.38 bits per heavy atom.